The van der Waals surface area contributed by atoms with Crippen LogP contribution in [0.5, 0.6) is 0 Å². The summed E-state index contributed by atoms with van der Waals surface area (Å²) < 4.78 is 1.05. The van der Waals surface area contributed by atoms with Crippen molar-refractivity contribution < 1.29 is 5.11 Å². The maximum atomic E-state index is 8.54. The van der Waals surface area contributed by atoms with Gasteiger partial charge in [-0.25, -0.2) is 4.98 Å². The number of aliphatic hydroxyl groups is 1. The van der Waals surface area contributed by atoms with Gasteiger partial charge in [-0.05, 0) is 18.2 Å². The molecule has 0 radical (unpaired) electrons. The summed E-state index contributed by atoms with van der Waals surface area (Å²) in [6, 6.07) is 5.69. The zero-order chi connectivity index (χ0) is 9.97. The first-order valence-electron chi connectivity index (χ1n) is 4.05. The summed E-state index contributed by atoms with van der Waals surface area (Å²) in [4.78, 5) is 4.15. The molecule has 0 fully saturated rings. The second-order valence-corrected chi connectivity index (χ2v) is 3.76. The van der Waals surface area contributed by atoms with E-state index in [-0.39, 0.29) is 6.61 Å². The fourth-order valence-electron chi connectivity index (χ4n) is 1.16. The van der Waals surface area contributed by atoms with Gasteiger partial charge in [-0.1, -0.05) is 23.2 Å². The summed E-state index contributed by atoms with van der Waals surface area (Å²) in [6.07, 6.45) is 0. The van der Waals surface area contributed by atoms with Crippen LogP contribution >= 0.6 is 11.3 Å². The van der Waals surface area contributed by atoms with Crippen LogP contribution < -0.4 is 5.73 Å². The number of nitrogens with two attached hydrogens (primary N) is 1. The Morgan fingerprint density at radius 1 is 1.50 bits per heavy atom. The lowest BCUT2D eigenvalue weighted by Gasteiger charge is -1.89. The van der Waals surface area contributed by atoms with Crippen molar-refractivity contribution in [1.82, 2.24) is 4.98 Å². The van der Waals surface area contributed by atoms with Crippen LogP contribution in [0.25, 0.3) is 10.2 Å². The molecule has 0 amide bonds. The maximum Gasteiger partial charge on any atom is 0.181 e. The molecule has 0 aliphatic heterocycles. The molecule has 3 nitrogen and oxygen atoms in total. The summed E-state index contributed by atoms with van der Waals surface area (Å²) in [6.45, 7) is -0.128. The largest absolute Gasteiger partial charge is 0.384 e. The lowest BCUT2D eigenvalue weighted by molar-refractivity contribution is 0.350. The van der Waals surface area contributed by atoms with E-state index in [1.165, 1.54) is 11.3 Å². The fourth-order valence-corrected chi connectivity index (χ4v) is 1.88. The van der Waals surface area contributed by atoms with Crippen LogP contribution in [0, 0.1) is 11.8 Å². The molecule has 0 bridgehead atoms. The summed E-state index contributed by atoms with van der Waals surface area (Å²) in [7, 11) is 0. The van der Waals surface area contributed by atoms with Crippen LogP contribution in [-0.4, -0.2) is 16.7 Å². The van der Waals surface area contributed by atoms with E-state index in [9.17, 15) is 0 Å². The Hall–Kier alpha value is -1.57. The third kappa shape index (κ3) is 1.69. The summed E-state index contributed by atoms with van der Waals surface area (Å²) in [5.74, 6) is 5.41. The second kappa shape index (κ2) is 3.66. The minimum Gasteiger partial charge on any atom is -0.384 e. The number of nitrogens with zero attached hydrogens (tertiary/aromatic N) is 1. The SMILES string of the molecule is Nc1nc2cc(C#CCO)ccc2s1. The first-order chi connectivity index (χ1) is 6.79. The molecule has 3 N–H and O–H groups in total. The van der Waals surface area contributed by atoms with Crippen LogP contribution in [0.3, 0.4) is 0 Å². The molecule has 1 aromatic heterocycles. The molecule has 1 heterocycles. The first-order valence-corrected chi connectivity index (χ1v) is 4.87. The normalized spacial score (nSPS) is 9.79. The van der Waals surface area contributed by atoms with Crippen molar-refractivity contribution in [3.05, 3.63) is 23.8 Å². The molecule has 0 aliphatic rings. The van der Waals surface area contributed by atoms with Gasteiger partial charge in [-0.3, -0.25) is 0 Å². The Bertz CT molecular complexity index is 522. The maximum absolute atomic E-state index is 8.54. The quantitative estimate of drug-likeness (QED) is 0.634. The molecule has 14 heavy (non-hydrogen) atoms. The molecule has 2 rings (SSSR count). The van der Waals surface area contributed by atoms with Crippen LogP contribution in [0.1, 0.15) is 5.56 Å². The van der Waals surface area contributed by atoms with Crippen LogP contribution in [0.15, 0.2) is 18.2 Å². The van der Waals surface area contributed by atoms with Gasteiger partial charge in [0.1, 0.15) is 6.61 Å². The molecule has 1 aromatic carbocycles. The fraction of sp³-hybridized carbons (Fsp3) is 0.100. The van der Waals surface area contributed by atoms with Gasteiger partial charge < -0.3 is 10.8 Å². The molecule has 4 heteroatoms. The predicted molar refractivity (Wildman–Crippen MR) is 58.0 cm³/mol. The molecule has 70 valence electrons. The van der Waals surface area contributed by atoms with E-state index >= 15 is 0 Å². The van der Waals surface area contributed by atoms with E-state index in [0.29, 0.717) is 5.13 Å². The Balaban J connectivity index is 2.50. The summed E-state index contributed by atoms with van der Waals surface area (Å²) in [5.41, 5.74) is 7.27. The highest BCUT2D eigenvalue weighted by atomic mass is 32.1. The van der Waals surface area contributed by atoms with Crippen LogP contribution in [-0.2, 0) is 0 Å². The average molecular weight is 204 g/mol. The van der Waals surface area contributed by atoms with Gasteiger partial charge in [0.25, 0.3) is 0 Å². The standard InChI is InChI=1S/C10H8N2OS/c11-10-12-8-6-7(2-1-5-13)3-4-9(8)14-10/h3-4,6,13H,5H2,(H2,11,12). The van der Waals surface area contributed by atoms with Crippen LogP contribution in [0.4, 0.5) is 5.13 Å². The van der Waals surface area contributed by atoms with Crippen molar-refractivity contribution in [1.29, 1.82) is 0 Å². The lowest BCUT2D eigenvalue weighted by atomic mass is 10.2. The molecular formula is C10H8N2OS. The van der Waals surface area contributed by atoms with Gasteiger partial charge in [0.05, 0.1) is 10.2 Å². The third-order valence-electron chi connectivity index (χ3n) is 1.72. The van der Waals surface area contributed by atoms with Gasteiger partial charge in [0.2, 0.25) is 0 Å². The first kappa shape index (κ1) is 9.00. The molecule has 2 aromatic rings. The Labute approximate surface area is 85.2 Å². The van der Waals surface area contributed by atoms with Gasteiger partial charge >= 0.3 is 0 Å². The average Bonchev–Trinajstić information content (AvgIpc) is 2.54. The molecular weight excluding hydrogens is 196 g/mol. The van der Waals surface area contributed by atoms with Gasteiger partial charge in [-0.2, -0.15) is 0 Å². The van der Waals surface area contributed by atoms with E-state index in [1.807, 2.05) is 18.2 Å². The topological polar surface area (TPSA) is 59.1 Å². The molecule has 0 saturated carbocycles. The number of anilines is 1. The Morgan fingerprint density at radius 3 is 3.14 bits per heavy atom. The summed E-state index contributed by atoms with van der Waals surface area (Å²) >= 11 is 1.45. The van der Waals surface area contributed by atoms with Gasteiger partial charge in [0, 0.05) is 5.56 Å². The Kier molecular flexibility index (Phi) is 2.35. The smallest absolute Gasteiger partial charge is 0.181 e. The number of nitrogen functional groups attached to an aromatic ring is 1. The van der Waals surface area contributed by atoms with E-state index < -0.39 is 0 Å². The minimum atomic E-state index is -0.128. The molecule has 0 atom stereocenters. The van der Waals surface area contributed by atoms with Crippen molar-refractivity contribution in [2.75, 3.05) is 12.3 Å². The number of hydrogen-bond donors (Lipinski definition) is 2. The number of aromatic nitrogens is 1. The number of rotatable bonds is 0. The predicted octanol–water partition coefficient (Wildman–Crippen LogP) is 1.22. The number of fused-ring (bicyclic) bond motifs is 1. The highest BCUT2D eigenvalue weighted by molar-refractivity contribution is 7.22. The monoisotopic (exact) mass is 204 g/mol. The van der Waals surface area contributed by atoms with E-state index in [4.69, 9.17) is 10.8 Å². The van der Waals surface area contributed by atoms with Crippen molar-refractivity contribution in [2.45, 2.75) is 0 Å². The number of thiazole rings is 1. The van der Waals surface area contributed by atoms with E-state index in [0.717, 1.165) is 15.8 Å². The molecule has 0 aliphatic carbocycles. The molecule has 0 unspecified atom stereocenters. The molecule has 0 spiro atoms. The number of hydrogen-bond acceptors (Lipinski definition) is 4. The third-order valence-corrected chi connectivity index (χ3v) is 2.58. The Morgan fingerprint density at radius 2 is 2.36 bits per heavy atom. The van der Waals surface area contributed by atoms with Gasteiger partial charge in [-0.15, -0.1) is 0 Å². The number of aliphatic hydroxyl groups excluding tert-OH is 1. The van der Waals surface area contributed by atoms with Crippen molar-refractivity contribution in [3.8, 4) is 11.8 Å². The van der Waals surface area contributed by atoms with Crippen molar-refractivity contribution >= 4 is 26.7 Å². The minimum absolute atomic E-state index is 0.128. The highest BCUT2D eigenvalue weighted by Gasteiger charge is 2.00. The zero-order valence-corrected chi connectivity index (χ0v) is 8.14. The summed E-state index contributed by atoms with van der Waals surface area (Å²) in [5, 5.41) is 9.10. The number of benzene rings is 1. The highest BCUT2D eigenvalue weighted by Crippen LogP contribution is 2.23. The molecule has 0 saturated heterocycles. The van der Waals surface area contributed by atoms with Crippen molar-refractivity contribution in [3.63, 3.8) is 0 Å². The lowest BCUT2D eigenvalue weighted by Crippen LogP contribution is -1.80. The van der Waals surface area contributed by atoms with E-state index in [1.54, 1.807) is 0 Å². The van der Waals surface area contributed by atoms with Crippen molar-refractivity contribution in [2.24, 2.45) is 0 Å². The zero-order valence-electron chi connectivity index (χ0n) is 7.32. The van der Waals surface area contributed by atoms with E-state index in [2.05, 4.69) is 16.8 Å². The van der Waals surface area contributed by atoms with Gasteiger partial charge in [0.15, 0.2) is 5.13 Å². The van der Waals surface area contributed by atoms with Crippen LogP contribution in [0.2, 0.25) is 0 Å². The second-order valence-electron chi connectivity index (χ2n) is 2.69.